The Labute approximate surface area is 83.4 Å². The standard InChI is InChI=1S/C10H16N2S/c1-2-4-12-5-3-8-9(11)7-13-10(8)6-12/h7H,2-6,11H2,1H3. The molecule has 0 aromatic carbocycles. The molecule has 0 atom stereocenters. The molecule has 3 heteroatoms. The summed E-state index contributed by atoms with van der Waals surface area (Å²) >= 11 is 1.81. The van der Waals surface area contributed by atoms with Crippen molar-refractivity contribution in [2.45, 2.75) is 26.3 Å². The Balaban J connectivity index is 2.11. The van der Waals surface area contributed by atoms with E-state index in [1.54, 1.807) is 0 Å². The fraction of sp³-hybridized carbons (Fsp3) is 0.600. The summed E-state index contributed by atoms with van der Waals surface area (Å²) in [6.45, 7) is 5.75. The molecule has 2 heterocycles. The van der Waals surface area contributed by atoms with Gasteiger partial charge in [0, 0.05) is 29.0 Å². The van der Waals surface area contributed by atoms with Crippen molar-refractivity contribution in [1.82, 2.24) is 4.90 Å². The molecule has 0 fully saturated rings. The van der Waals surface area contributed by atoms with Crippen LogP contribution in [0.25, 0.3) is 0 Å². The second kappa shape index (κ2) is 3.68. The first kappa shape index (κ1) is 9.03. The number of rotatable bonds is 2. The van der Waals surface area contributed by atoms with Crippen molar-refractivity contribution in [3.05, 3.63) is 15.8 Å². The third-order valence-corrected chi connectivity index (χ3v) is 3.63. The lowest BCUT2D eigenvalue weighted by Crippen LogP contribution is -2.30. The number of nitrogen functional groups attached to an aromatic ring is 1. The third-order valence-electron chi connectivity index (χ3n) is 2.60. The molecule has 2 N–H and O–H groups in total. The van der Waals surface area contributed by atoms with Crippen LogP contribution in [0.4, 0.5) is 5.69 Å². The van der Waals surface area contributed by atoms with Crippen LogP contribution in [0.2, 0.25) is 0 Å². The van der Waals surface area contributed by atoms with Crippen molar-refractivity contribution < 1.29 is 0 Å². The lowest BCUT2D eigenvalue weighted by atomic mass is 10.1. The fourth-order valence-electron chi connectivity index (χ4n) is 1.91. The van der Waals surface area contributed by atoms with Gasteiger partial charge in [-0.25, -0.2) is 0 Å². The zero-order valence-corrected chi connectivity index (χ0v) is 8.86. The second-order valence-corrected chi connectivity index (χ2v) is 4.58. The summed E-state index contributed by atoms with van der Waals surface area (Å²) in [6, 6.07) is 0. The van der Waals surface area contributed by atoms with E-state index in [-0.39, 0.29) is 0 Å². The van der Waals surface area contributed by atoms with Crippen molar-refractivity contribution in [2.75, 3.05) is 18.8 Å². The minimum Gasteiger partial charge on any atom is -0.398 e. The maximum absolute atomic E-state index is 5.87. The highest BCUT2D eigenvalue weighted by Gasteiger charge is 2.18. The van der Waals surface area contributed by atoms with Gasteiger partial charge in [-0.3, -0.25) is 4.90 Å². The van der Waals surface area contributed by atoms with Gasteiger partial charge in [-0.15, -0.1) is 11.3 Å². The largest absolute Gasteiger partial charge is 0.398 e. The Morgan fingerprint density at radius 3 is 3.23 bits per heavy atom. The summed E-state index contributed by atoms with van der Waals surface area (Å²) in [5.74, 6) is 0. The fourth-order valence-corrected chi connectivity index (χ4v) is 2.94. The average molecular weight is 196 g/mol. The van der Waals surface area contributed by atoms with E-state index in [4.69, 9.17) is 5.73 Å². The third kappa shape index (κ3) is 1.71. The monoisotopic (exact) mass is 196 g/mol. The van der Waals surface area contributed by atoms with Crippen LogP contribution >= 0.6 is 11.3 Å². The van der Waals surface area contributed by atoms with Gasteiger partial charge in [0.05, 0.1) is 0 Å². The maximum Gasteiger partial charge on any atom is 0.0459 e. The van der Waals surface area contributed by atoms with Gasteiger partial charge < -0.3 is 5.73 Å². The van der Waals surface area contributed by atoms with Crippen LogP contribution in [0.3, 0.4) is 0 Å². The van der Waals surface area contributed by atoms with Gasteiger partial charge in [-0.1, -0.05) is 6.92 Å². The number of fused-ring (bicyclic) bond motifs is 1. The molecule has 2 nitrogen and oxygen atoms in total. The van der Waals surface area contributed by atoms with E-state index in [2.05, 4.69) is 17.2 Å². The van der Waals surface area contributed by atoms with Crippen LogP contribution in [-0.2, 0) is 13.0 Å². The molecule has 0 spiro atoms. The topological polar surface area (TPSA) is 29.3 Å². The van der Waals surface area contributed by atoms with E-state index < -0.39 is 0 Å². The molecule has 0 radical (unpaired) electrons. The van der Waals surface area contributed by atoms with Crippen molar-refractivity contribution in [2.24, 2.45) is 0 Å². The Kier molecular flexibility index (Phi) is 2.56. The summed E-state index contributed by atoms with van der Waals surface area (Å²) in [5.41, 5.74) is 8.30. The first-order valence-corrected chi connectivity index (χ1v) is 5.76. The number of hydrogen-bond donors (Lipinski definition) is 1. The molecule has 1 aliphatic heterocycles. The van der Waals surface area contributed by atoms with E-state index in [1.165, 1.54) is 30.0 Å². The summed E-state index contributed by atoms with van der Waals surface area (Å²) in [5, 5.41) is 2.08. The minimum absolute atomic E-state index is 1.01. The van der Waals surface area contributed by atoms with Crippen LogP contribution in [0.15, 0.2) is 5.38 Å². The van der Waals surface area contributed by atoms with Crippen LogP contribution in [0.1, 0.15) is 23.8 Å². The molecule has 1 aromatic heterocycles. The molecule has 0 amide bonds. The van der Waals surface area contributed by atoms with Crippen molar-refractivity contribution in [3.63, 3.8) is 0 Å². The highest BCUT2D eigenvalue weighted by Crippen LogP contribution is 2.29. The number of nitrogens with two attached hydrogens (primary N) is 1. The van der Waals surface area contributed by atoms with E-state index in [0.29, 0.717) is 0 Å². The summed E-state index contributed by atoms with van der Waals surface area (Å²) in [6.07, 6.45) is 2.39. The number of thiophene rings is 1. The van der Waals surface area contributed by atoms with Gasteiger partial charge in [0.2, 0.25) is 0 Å². The molecule has 2 rings (SSSR count). The number of nitrogens with zero attached hydrogens (tertiary/aromatic N) is 1. The zero-order chi connectivity index (χ0) is 9.26. The molecule has 1 aromatic rings. The summed E-state index contributed by atoms with van der Waals surface area (Å²) < 4.78 is 0. The highest BCUT2D eigenvalue weighted by atomic mass is 32.1. The SMILES string of the molecule is CCCN1CCc2c(N)csc2C1. The van der Waals surface area contributed by atoms with Crippen LogP contribution in [0.5, 0.6) is 0 Å². The summed E-state index contributed by atoms with van der Waals surface area (Å²) in [4.78, 5) is 4.00. The molecule has 72 valence electrons. The average Bonchev–Trinajstić information content (AvgIpc) is 2.48. The molecule has 0 saturated carbocycles. The molecule has 0 aliphatic carbocycles. The van der Waals surface area contributed by atoms with E-state index in [1.807, 2.05) is 11.3 Å². The highest BCUT2D eigenvalue weighted by molar-refractivity contribution is 7.10. The molecule has 1 aliphatic rings. The smallest absolute Gasteiger partial charge is 0.0459 e. The Morgan fingerprint density at radius 1 is 1.62 bits per heavy atom. The zero-order valence-electron chi connectivity index (χ0n) is 8.05. The predicted molar refractivity (Wildman–Crippen MR) is 58.0 cm³/mol. The summed E-state index contributed by atoms with van der Waals surface area (Å²) in [7, 11) is 0. The van der Waals surface area contributed by atoms with Gasteiger partial charge in [0.25, 0.3) is 0 Å². The Bertz CT molecular complexity index is 293. The molecule has 0 unspecified atom stereocenters. The quantitative estimate of drug-likeness (QED) is 0.785. The first-order chi connectivity index (χ1) is 6.31. The lowest BCUT2D eigenvalue weighted by Gasteiger charge is -2.26. The molecular weight excluding hydrogens is 180 g/mol. The van der Waals surface area contributed by atoms with Gasteiger partial charge in [-0.05, 0) is 24.9 Å². The van der Waals surface area contributed by atoms with Gasteiger partial charge in [0.15, 0.2) is 0 Å². The maximum atomic E-state index is 5.87. The van der Waals surface area contributed by atoms with Crippen LogP contribution in [-0.4, -0.2) is 18.0 Å². The Morgan fingerprint density at radius 2 is 2.46 bits per heavy atom. The van der Waals surface area contributed by atoms with Crippen LogP contribution < -0.4 is 5.73 Å². The normalized spacial score (nSPS) is 17.3. The molecule has 0 bridgehead atoms. The minimum atomic E-state index is 1.01. The van der Waals surface area contributed by atoms with Gasteiger partial charge >= 0.3 is 0 Å². The predicted octanol–water partition coefficient (Wildman–Crippen LogP) is 2.10. The number of anilines is 1. The van der Waals surface area contributed by atoms with E-state index in [9.17, 15) is 0 Å². The Hall–Kier alpha value is -0.540. The first-order valence-electron chi connectivity index (χ1n) is 4.88. The molecule has 13 heavy (non-hydrogen) atoms. The van der Waals surface area contributed by atoms with Crippen LogP contribution in [0, 0.1) is 0 Å². The van der Waals surface area contributed by atoms with E-state index in [0.717, 1.165) is 18.7 Å². The van der Waals surface area contributed by atoms with E-state index >= 15 is 0 Å². The van der Waals surface area contributed by atoms with Crippen molar-refractivity contribution in [3.8, 4) is 0 Å². The second-order valence-electron chi connectivity index (χ2n) is 3.62. The molecular formula is C10H16N2S. The van der Waals surface area contributed by atoms with Crippen molar-refractivity contribution >= 4 is 17.0 Å². The number of hydrogen-bond acceptors (Lipinski definition) is 3. The lowest BCUT2D eigenvalue weighted by molar-refractivity contribution is 0.258. The van der Waals surface area contributed by atoms with Crippen molar-refractivity contribution in [1.29, 1.82) is 0 Å². The van der Waals surface area contributed by atoms with Gasteiger partial charge in [-0.2, -0.15) is 0 Å². The van der Waals surface area contributed by atoms with Gasteiger partial charge in [0.1, 0.15) is 0 Å². The molecule has 0 saturated heterocycles.